The van der Waals surface area contributed by atoms with E-state index < -0.39 is 44.4 Å². The van der Waals surface area contributed by atoms with Crippen LogP contribution < -0.4 is 9.82 Å². The lowest BCUT2D eigenvalue weighted by atomic mass is 9.90. The van der Waals surface area contributed by atoms with Crippen molar-refractivity contribution in [3.8, 4) is 5.75 Å². The number of unbranched alkanes of at least 4 members (excludes halogenated alkanes) is 1. The smallest absolute Gasteiger partial charge is 0.141 e. The molecule has 0 radical (unpaired) electrons. The zero-order chi connectivity index (χ0) is 25.6. The van der Waals surface area contributed by atoms with Gasteiger partial charge in [-0.05, 0) is 54.2 Å². The van der Waals surface area contributed by atoms with Crippen LogP contribution in [0.4, 0.5) is 0 Å². The number of halogens is 1. The minimum absolute atomic E-state index is 0.479. The number of ether oxygens (including phenoxy) is 2. The summed E-state index contributed by atoms with van der Waals surface area (Å²) in [6.45, 7) is 4.22. The molecule has 0 bridgehead atoms. The fraction of sp³-hybridized carbons (Fsp3) is 0.520. The van der Waals surface area contributed by atoms with Gasteiger partial charge in [0.15, 0.2) is 0 Å². The predicted octanol–water partition coefficient (Wildman–Crippen LogP) is 2.73. The zero-order valence-electron chi connectivity index (χ0n) is 20.0. The molecule has 5 N–H and O–H groups in total. The molecule has 1 saturated heterocycles. The average molecular weight is 528 g/mol. The molecule has 10 heteroatoms. The number of benzene rings is 2. The summed E-state index contributed by atoms with van der Waals surface area (Å²) in [5.41, 5.74) is 2.42. The van der Waals surface area contributed by atoms with Crippen molar-refractivity contribution in [3.63, 3.8) is 0 Å². The van der Waals surface area contributed by atoms with Crippen LogP contribution in [0.1, 0.15) is 35.6 Å². The summed E-state index contributed by atoms with van der Waals surface area (Å²) in [5.74, 6) is 0.763. The lowest BCUT2D eigenvalue weighted by Gasteiger charge is -2.40. The van der Waals surface area contributed by atoms with E-state index in [1.807, 2.05) is 24.3 Å². The van der Waals surface area contributed by atoms with Crippen LogP contribution >= 0.6 is 18.9 Å². The summed E-state index contributed by atoms with van der Waals surface area (Å²) < 4.78 is 23.1. The normalized spacial score (nSPS) is 24.9. The number of aliphatic hydroxyl groups excluding tert-OH is 4. The Kier molecular flexibility index (Phi) is 10.2. The van der Waals surface area contributed by atoms with Crippen LogP contribution in [0.25, 0.3) is 0 Å². The topological polar surface area (TPSA) is 128 Å². The van der Waals surface area contributed by atoms with Gasteiger partial charge in [0.25, 0.3) is 0 Å². The highest BCUT2D eigenvalue weighted by atomic mass is 35.5. The molecule has 1 fully saturated rings. The monoisotopic (exact) mass is 527 g/mol. The molecule has 0 spiro atoms. The van der Waals surface area contributed by atoms with Crippen LogP contribution in [0, 0.1) is 0 Å². The molecule has 3 rings (SSSR count). The lowest BCUT2D eigenvalue weighted by Crippen LogP contribution is -2.55. The third-order valence-electron chi connectivity index (χ3n) is 5.94. The van der Waals surface area contributed by atoms with Crippen molar-refractivity contribution < 1.29 is 34.5 Å². The van der Waals surface area contributed by atoms with Crippen molar-refractivity contribution in [2.45, 2.75) is 49.8 Å². The number of nitrogens with one attached hydrogen (secondary N) is 1. The first-order valence-electron chi connectivity index (χ1n) is 11.7. The van der Waals surface area contributed by atoms with Gasteiger partial charge in [-0.2, -0.15) is 0 Å². The van der Waals surface area contributed by atoms with Gasteiger partial charge >= 0.3 is 0 Å². The van der Waals surface area contributed by atoms with Crippen LogP contribution in [0.15, 0.2) is 42.5 Å². The number of aliphatic hydroxyl groups is 4. The summed E-state index contributed by atoms with van der Waals surface area (Å²) in [4.78, 5) is 0. The van der Waals surface area contributed by atoms with E-state index in [1.54, 1.807) is 31.5 Å². The molecular weight excluding hydrogens is 493 g/mol. The van der Waals surface area contributed by atoms with E-state index in [2.05, 4.69) is 5.09 Å². The van der Waals surface area contributed by atoms with Crippen LogP contribution in [-0.4, -0.2) is 77.9 Å². The predicted molar refractivity (Wildman–Crippen MR) is 136 cm³/mol. The fourth-order valence-corrected chi connectivity index (χ4v) is 4.85. The highest BCUT2D eigenvalue weighted by molar-refractivity contribution is 7.60. The quantitative estimate of drug-likeness (QED) is 0.223. The molecule has 194 valence electrons. The maximum absolute atomic E-state index is 11.6. The van der Waals surface area contributed by atoms with Crippen molar-refractivity contribution >= 4 is 18.9 Å². The SMILES string of the molecule is CP(C)(=O)NCCCCOc1ccc(Cc2cc([C@@H]3O[C@H](CO)[C@@H](O)[C@H](O)[C@H]3O)ccc2Cl)cc1. The van der Waals surface area contributed by atoms with Crippen molar-refractivity contribution in [2.24, 2.45) is 0 Å². The average Bonchev–Trinajstić information content (AvgIpc) is 2.82. The van der Waals surface area contributed by atoms with E-state index in [1.165, 1.54) is 0 Å². The van der Waals surface area contributed by atoms with E-state index in [0.29, 0.717) is 30.2 Å². The van der Waals surface area contributed by atoms with Gasteiger partial charge in [0.05, 0.1) is 13.2 Å². The molecule has 2 aromatic carbocycles. The number of rotatable bonds is 11. The Hall–Kier alpha value is -1.48. The first-order chi connectivity index (χ1) is 16.6. The highest BCUT2D eigenvalue weighted by Crippen LogP contribution is 2.34. The first-order valence-corrected chi connectivity index (χ1v) is 14.7. The number of hydrogen-bond acceptors (Lipinski definition) is 7. The standard InChI is InChI=1S/C25H35ClNO7P/c1-35(2,32)27-11-3-4-12-33-19-8-5-16(6-9-19)13-18-14-17(7-10-20(18)26)25-24(31)23(30)22(29)21(15-28)34-25/h5-10,14,21-25,28-31H,3-4,11-13,15H2,1-2H3,(H,27,32)/t21-,22-,23+,24-,25+/m1/s1. The van der Waals surface area contributed by atoms with Gasteiger partial charge < -0.3 is 34.5 Å². The second-order valence-corrected chi connectivity index (χ2v) is 12.7. The van der Waals surface area contributed by atoms with Gasteiger partial charge in [-0.3, -0.25) is 5.09 Å². The highest BCUT2D eigenvalue weighted by Gasteiger charge is 2.44. The van der Waals surface area contributed by atoms with E-state index in [4.69, 9.17) is 21.1 Å². The Bertz CT molecular complexity index is 998. The van der Waals surface area contributed by atoms with Gasteiger partial charge in [-0.25, -0.2) is 0 Å². The Morgan fingerprint density at radius 2 is 1.74 bits per heavy atom. The van der Waals surface area contributed by atoms with E-state index in [9.17, 15) is 25.0 Å². The largest absolute Gasteiger partial charge is 0.494 e. The minimum atomic E-state index is -2.19. The molecule has 35 heavy (non-hydrogen) atoms. The molecule has 8 nitrogen and oxygen atoms in total. The number of hydrogen-bond donors (Lipinski definition) is 5. The zero-order valence-corrected chi connectivity index (χ0v) is 21.7. The Labute approximate surface area is 211 Å². The van der Waals surface area contributed by atoms with Gasteiger partial charge in [-0.1, -0.05) is 35.9 Å². The second kappa shape index (κ2) is 12.7. The van der Waals surface area contributed by atoms with Crippen LogP contribution in [0.2, 0.25) is 5.02 Å². The summed E-state index contributed by atoms with van der Waals surface area (Å²) in [6.07, 6.45) is -3.79. The molecule has 0 unspecified atom stereocenters. The Morgan fingerprint density at radius 1 is 1.03 bits per heavy atom. The van der Waals surface area contributed by atoms with Gasteiger partial charge in [0.2, 0.25) is 0 Å². The van der Waals surface area contributed by atoms with E-state index in [-0.39, 0.29) is 0 Å². The van der Waals surface area contributed by atoms with E-state index in [0.717, 1.165) is 29.7 Å². The lowest BCUT2D eigenvalue weighted by molar-refractivity contribution is -0.231. The summed E-state index contributed by atoms with van der Waals surface area (Å²) in [5, 5.41) is 43.6. The van der Waals surface area contributed by atoms with Crippen LogP contribution in [-0.2, 0) is 15.7 Å². The molecule has 0 saturated carbocycles. The summed E-state index contributed by atoms with van der Waals surface area (Å²) >= 11 is 6.42. The minimum Gasteiger partial charge on any atom is -0.494 e. The maximum Gasteiger partial charge on any atom is 0.141 e. The van der Waals surface area contributed by atoms with Gasteiger partial charge in [0, 0.05) is 24.9 Å². The molecule has 1 aliphatic heterocycles. The van der Waals surface area contributed by atoms with Crippen molar-refractivity contribution in [1.29, 1.82) is 0 Å². The van der Waals surface area contributed by atoms with E-state index >= 15 is 0 Å². The molecule has 0 aliphatic carbocycles. The first kappa shape index (κ1) is 28.1. The molecule has 5 atom stereocenters. The fourth-order valence-electron chi connectivity index (χ4n) is 3.97. The summed E-state index contributed by atoms with van der Waals surface area (Å²) in [7, 11) is -2.19. The van der Waals surface area contributed by atoms with Crippen LogP contribution in [0.3, 0.4) is 0 Å². The van der Waals surface area contributed by atoms with Gasteiger partial charge in [-0.15, -0.1) is 0 Å². The molecule has 1 aliphatic rings. The van der Waals surface area contributed by atoms with Crippen LogP contribution in [0.5, 0.6) is 5.75 Å². The molecular formula is C25H35ClNO7P. The molecule has 0 aromatic heterocycles. The Morgan fingerprint density at radius 3 is 2.40 bits per heavy atom. The third kappa shape index (κ3) is 8.00. The van der Waals surface area contributed by atoms with Crippen molar-refractivity contribution in [3.05, 3.63) is 64.2 Å². The molecule has 1 heterocycles. The Balaban J connectivity index is 1.58. The third-order valence-corrected chi connectivity index (χ3v) is 7.29. The second-order valence-electron chi connectivity index (χ2n) is 9.24. The molecule has 2 aromatic rings. The molecule has 0 amide bonds. The van der Waals surface area contributed by atoms with Gasteiger partial charge in [0.1, 0.15) is 43.6 Å². The maximum atomic E-state index is 11.6. The van der Waals surface area contributed by atoms with Crippen molar-refractivity contribution in [1.82, 2.24) is 5.09 Å². The van der Waals surface area contributed by atoms with Crippen molar-refractivity contribution in [2.75, 3.05) is 33.1 Å². The summed E-state index contributed by atoms with van der Waals surface area (Å²) in [6, 6.07) is 12.9.